The average Bonchev–Trinajstić information content (AvgIpc) is 3.31. The van der Waals surface area contributed by atoms with Crippen LogP contribution in [0.25, 0.3) is 0 Å². The normalized spacial score (nSPS) is 21.6. The van der Waals surface area contributed by atoms with Gasteiger partial charge in [0.1, 0.15) is 11.6 Å². The van der Waals surface area contributed by atoms with Crippen molar-refractivity contribution >= 4 is 17.4 Å². The molecular formula is C27H34N4O4. The average molecular weight is 479 g/mol. The number of amides is 1. The first kappa shape index (κ1) is 23.5. The number of carbonyl (C=O) groups is 1. The van der Waals surface area contributed by atoms with Gasteiger partial charge in [0.2, 0.25) is 5.91 Å². The first-order valence-corrected chi connectivity index (χ1v) is 12.3. The van der Waals surface area contributed by atoms with Crippen LogP contribution in [0, 0.1) is 0 Å². The van der Waals surface area contributed by atoms with Gasteiger partial charge in [-0.1, -0.05) is 12.1 Å². The molecule has 0 saturated carbocycles. The predicted molar refractivity (Wildman–Crippen MR) is 136 cm³/mol. The second-order valence-corrected chi connectivity index (χ2v) is 9.38. The number of hydrogen-bond acceptors (Lipinski definition) is 7. The molecule has 2 aromatic carbocycles. The standard InChI is InChI=1S/C27H34N4O4/c1-33-23-7-5-4-6-22(23)31-12-10-30(11-13-31)17-27(32)29-26-16-20-19-15-25(35-3)24(34-2)14-18(19)8-9-21(20)28-26/h4-7,14-15,20-21H,8-13,16-17H2,1-3H3,(H,28,29,32)/t20-,21+/m0/s1. The van der Waals surface area contributed by atoms with Crippen molar-refractivity contribution in [3.63, 3.8) is 0 Å². The van der Waals surface area contributed by atoms with Crippen molar-refractivity contribution in [2.75, 3.05) is 59.0 Å². The molecule has 8 heteroatoms. The third-order valence-electron chi connectivity index (χ3n) is 7.40. The maximum Gasteiger partial charge on any atom is 0.239 e. The molecule has 1 amide bonds. The number of methoxy groups -OCH3 is 3. The highest BCUT2D eigenvalue weighted by molar-refractivity contribution is 6.00. The number of rotatable bonds is 6. The van der Waals surface area contributed by atoms with Crippen LogP contribution in [0.1, 0.15) is 29.9 Å². The number of carbonyl (C=O) groups excluding carboxylic acids is 1. The molecule has 5 rings (SSSR count). The number of anilines is 1. The van der Waals surface area contributed by atoms with Gasteiger partial charge in [-0.2, -0.15) is 0 Å². The SMILES string of the molecule is COc1cc2c(cc1OC)[C@@H]1CC(NC(=O)CN3CCN(c4ccccc4OC)CC3)=N[C@@H]1CC2. The first-order valence-electron chi connectivity index (χ1n) is 12.3. The third kappa shape index (κ3) is 4.80. The summed E-state index contributed by atoms with van der Waals surface area (Å²) >= 11 is 0. The van der Waals surface area contributed by atoms with Crippen LogP contribution >= 0.6 is 0 Å². The summed E-state index contributed by atoms with van der Waals surface area (Å²) in [7, 11) is 5.03. The van der Waals surface area contributed by atoms with Gasteiger partial charge in [-0.05, 0) is 48.2 Å². The predicted octanol–water partition coefficient (Wildman–Crippen LogP) is 2.85. The Labute approximate surface area is 206 Å². The van der Waals surface area contributed by atoms with Gasteiger partial charge in [0.25, 0.3) is 0 Å². The van der Waals surface area contributed by atoms with E-state index in [-0.39, 0.29) is 17.9 Å². The summed E-state index contributed by atoms with van der Waals surface area (Å²) in [6.07, 6.45) is 2.69. The number of fused-ring (bicyclic) bond motifs is 3. The van der Waals surface area contributed by atoms with Crippen LogP contribution in [-0.4, -0.2) is 76.7 Å². The Morgan fingerprint density at radius 3 is 2.46 bits per heavy atom. The molecule has 2 aliphatic heterocycles. The second kappa shape index (κ2) is 10.2. The molecule has 0 unspecified atom stereocenters. The van der Waals surface area contributed by atoms with E-state index in [0.29, 0.717) is 6.54 Å². The minimum Gasteiger partial charge on any atom is -0.495 e. The van der Waals surface area contributed by atoms with Crippen LogP contribution in [0.2, 0.25) is 0 Å². The molecule has 1 fully saturated rings. The fraction of sp³-hybridized carbons (Fsp3) is 0.481. The molecule has 2 heterocycles. The van der Waals surface area contributed by atoms with E-state index in [9.17, 15) is 4.79 Å². The number of piperazine rings is 1. The Hall–Kier alpha value is -3.26. The number of benzene rings is 2. The van der Waals surface area contributed by atoms with Gasteiger partial charge in [-0.25, -0.2) is 0 Å². The maximum absolute atomic E-state index is 12.9. The molecule has 2 aromatic rings. The number of aryl methyl sites for hydroxylation is 1. The van der Waals surface area contributed by atoms with E-state index in [4.69, 9.17) is 19.2 Å². The fourth-order valence-electron chi connectivity index (χ4n) is 5.60. The number of hydrogen-bond donors (Lipinski definition) is 1. The van der Waals surface area contributed by atoms with Gasteiger partial charge in [-0.3, -0.25) is 14.7 Å². The van der Waals surface area contributed by atoms with Crippen LogP contribution in [0.3, 0.4) is 0 Å². The largest absolute Gasteiger partial charge is 0.495 e. The van der Waals surface area contributed by atoms with Crippen molar-refractivity contribution in [2.45, 2.75) is 31.2 Å². The third-order valence-corrected chi connectivity index (χ3v) is 7.40. The Balaban J connectivity index is 1.16. The minimum atomic E-state index is 0.0145. The smallest absolute Gasteiger partial charge is 0.239 e. The first-order chi connectivity index (χ1) is 17.1. The summed E-state index contributed by atoms with van der Waals surface area (Å²) < 4.78 is 16.5. The van der Waals surface area contributed by atoms with Crippen LogP contribution in [0.4, 0.5) is 5.69 Å². The number of amidine groups is 1. The Morgan fingerprint density at radius 2 is 1.71 bits per heavy atom. The minimum absolute atomic E-state index is 0.0145. The molecule has 186 valence electrons. The van der Waals surface area contributed by atoms with E-state index >= 15 is 0 Å². The van der Waals surface area contributed by atoms with Crippen molar-refractivity contribution in [3.8, 4) is 17.2 Å². The second-order valence-electron chi connectivity index (χ2n) is 9.38. The monoisotopic (exact) mass is 478 g/mol. The molecule has 0 bridgehead atoms. The summed E-state index contributed by atoms with van der Waals surface area (Å²) in [5.74, 6) is 3.50. The number of aliphatic imine (C=N–C) groups is 1. The lowest BCUT2D eigenvalue weighted by atomic mass is 9.79. The highest BCUT2D eigenvalue weighted by atomic mass is 16.5. The van der Waals surface area contributed by atoms with Gasteiger partial charge in [-0.15, -0.1) is 0 Å². The zero-order chi connectivity index (χ0) is 24.4. The number of ether oxygens (including phenoxy) is 3. The van der Waals surface area contributed by atoms with E-state index < -0.39 is 0 Å². The van der Waals surface area contributed by atoms with Gasteiger partial charge < -0.3 is 24.4 Å². The Morgan fingerprint density at radius 1 is 1.00 bits per heavy atom. The van der Waals surface area contributed by atoms with E-state index in [1.807, 2.05) is 18.2 Å². The van der Waals surface area contributed by atoms with Crippen molar-refractivity contribution in [1.82, 2.24) is 10.2 Å². The molecule has 0 spiro atoms. The molecule has 8 nitrogen and oxygen atoms in total. The maximum atomic E-state index is 12.9. The molecule has 2 atom stereocenters. The summed E-state index contributed by atoms with van der Waals surface area (Å²) in [5, 5.41) is 3.11. The lowest BCUT2D eigenvalue weighted by Gasteiger charge is -2.36. The van der Waals surface area contributed by atoms with Crippen molar-refractivity contribution < 1.29 is 19.0 Å². The lowest BCUT2D eigenvalue weighted by Crippen LogP contribution is -2.50. The zero-order valence-electron chi connectivity index (χ0n) is 20.8. The van der Waals surface area contributed by atoms with Crippen LogP contribution < -0.4 is 24.4 Å². The Bertz CT molecular complexity index is 1110. The van der Waals surface area contributed by atoms with E-state index in [1.165, 1.54) is 11.1 Å². The molecule has 0 radical (unpaired) electrons. The summed E-state index contributed by atoms with van der Waals surface area (Å²) in [6, 6.07) is 12.5. The highest BCUT2D eigenvalue weighted by Gasteiger charge is 2.36. The Kier molecular flexibility index (Phi) is 6.81. The highest BCUT2D eigenvalue weighted by Crippen LogP contribution is 2.44. The molecular weight excluding hydrogens is 444 g/mol. The topological polar surface area (TPSA) is 75.6 Å². The molecule has 0 aromatic heterocycles. The van der Waals surface area contributed by atoms with Gasteiger partial charge in [0.05, 0.1) is 39.6 Å². The van der Waals surface area contributed by atoms with Crippen molar-refractivity contribution in [1.29, 1.82) is 0 Å². The van der Waals surface area contributed by atoms with Crippen LogP contribution in [0.5, 0.6) is 17.2 Å². The molecule has 35 heavy (non-hydrogen) atoms. The van der Waals surface area contributed by atoms with Crippen molar-refractivity contribution in [2.24, 2.45) is 4.99 Å². The molecule has 1 N–H and O–H groups in total. The van der Waals surface area contributed by atoms with E-state index in [2.05, 4.69) is 33.3 Å². The molecule has 1 aliphatic carbocycles. The van der Waals surface area contributed by atoms with Gasteiger partial charge in [0, 0.05) is 38.5 Å². The van der Waals surface area contributed by atoms with Crippen LogP contribution in [0.15, 0.2) is 41.4 Å². The summed E-state index contributed by atoms with van der Waals surface area (Å²) in [5.41, 5.74) is 3.66. The molecule has 3 aliphatic rings. The molecule has 1 saturated heterocycles. The number of para-hydroxylation sites is 2. The quantitative estimate of drug-likeness (QED) is 0.688. The number of nitrogens with one attached hydrogen (secondary N) is 1. The van der Waals surface area contributed by atoms with Crippen LogP contribution in [-0.2, 0) is 11.2 Å². The summed E-state index contributed by atoms with van der Waals surface area (Å²) in [6.45, 7) is 3.77. The fourth-order valence-corrected chi connectivity index (χ4v) is 5.60. The van der Waals surface area contributed by atoms with E-state index in [1.54, 1.807) is 21.3 Å². The van der Waals surface area contributed by atoms with Crippen molar-refractivity contribution in [3.05, 3.63) is 47.5 Å². The summed E-state index contributed by atoms with van der Waals surface area (Å²) in [4.78, 5) is 22.3. The van der Waals surface area contributed by atoms with E-state index in [0.717, 1.165) is 74.2 Å². The lowest BCUT2D eigenvalue weighted by molar-refractivity contribution is -0.120. The zero-order valence-corrected chi connectivity index (χ0v) is 20.8. The van der Waals surface area contributed by atoms with Gasteiger partial charge in [0.15, 0.2) is 11.5 Å². The van der Waals surface area contributed by atoms with Gasteiger partial charge >= 0.3 is 0 Å². The number of nitrogens with zero attached hydrogens (tertiary/aromatic N) is 3.